The number of carbonyl (C=O) groups excluding carboxylic acids is 3. The molecule has 3 aromatic rings. The van der Waals surface area contributed by atoms with Crippen LogP contribution in [0, 0.1) is 0 Å². The van der Waals surface area contributed by atoms with Gasteiger partial charge < -0.3 is 15.0 Å². The van der Waals surface area contributed by atoms with Gasteiger partial charge in [-0.25, -0.2) is 4.79 Å². The molecule has 6 rings (SSSR count). The monoisotopic (exact) mass is 579 g/mol. The largest absolute Gasteiger partial charge is 0.444 e. The number of nitrogens with one attached hydrogen (secondary N) is 1. The molecule has 188 valence electrons. The van der Waals surface area contributed by atoms with E-state index in [2.05, 4.69) is 21.2 Å². The van der Waals surface area contributed by atoms with E-state index in [0.717, 1.165) is 16.7 Å². The molecule has 0 unspecified atom stereocenters. The molecule has 2 fully saturated rings. The highest BCUT2D eigenvalue weighted by Crippen LogP contribution is 2.59. The smallest absolute Gasteiger partial charge is 0.416 e. The van der Waals surface area contributed by atoms with Gasteiger partial charge in [0.15, 0.2) is 0 Å². The number of rotatable bonds is 4. The van der Waals surface area contributed by atoms with E-state index in [1.165, 1.54) is 4.90 Å². The fourth-order valence-electron chi connectivity index (χ4n) is 5.61. The first-order valence-corrected chi connectivity index (χ1v) is 13.2. The fourth-order valence-corrected chi connectivity index (χ4v) is 6.84. The summed E-state index contributed by atoms with van der Waals surface area (Å²) in [6.07, 6.45) is -0.736. The molecule has 0 radical (unpaired) electrons. The molecule has 0 saturated carbocycles. The Balaban J connectivity index is 1.36. The first kappa shape index (κ1) is 24.0. The number of nitrogens with zero attached hydrogens (tertiary/aromatic N) is 2. The maximum atomic E-state index is 13.9. The zero-order valence-corrected chi connectivity index (χ0v) is 22.0. The van der Waals surface area contributed by atoms with Crippen LogP contribution in [0.1, 0.15) is 23.1 Å². The quantitative estimate of drug-likeness (QED) is 0.452. The highest BCUT2D eigenvalue weighted by Gasteiger charge is 2.66. The van der Waals surface area contributed by atoms with Crippen LogP contribution in [0.5, 0.6) is 0 Å². The first-order valence-electron chi connectivity index (χ1n) is 12.0. The highest BCUT2D eigenvalue weighted by molar-refractivity contribution is 9.09. The summed E-state index contributed by atoms with van der Waals surface area (Å²) in [5.41, 5.74) is 3.12. The second-order valence-electron chi connectivity index (χ2n) is 9.52. The average molecular weight is 581 g/mol. The summed E-state index contributed by atoms with van der Waals surface area (Å²) in [7, 11) is 0. The Morgan fingerprint density at radius 1 is 1.03 bits per heavy atom. The van der Waals surface area contributed by atoms with Crippen LogP contribution < -0.4 is 10.2 Å². The number of anilines is 1. The van der Waals surface area contributed by atoms with E-state index < -0.39 is 28.7 Å². The van der Waals surface area contributed by atoms with Gasteiger partial charge in [0.25, 0.3) is 0 Å². The van der Waals surface area contributed by atoms with Crippen LogP contribution in [0.25, 0.3) is 0 Å². The van der Waals surface area contributed by atoms with Crippen LogP contribution in [-0.4, -0.2) is 41.1 Å². The minimum absolute atomic E-state index is 0.0790. The Hall–Kier alpha value is -3.36. The van der Waals surface area contributed by atoms with Crippen LogP contribution in [-0.2, 0) is 31.7 Å². The third kappa shape index (κ3) is 3.99. The second kappa shape index (κ2) is 9.19. The summed E-state index contributed by atoms with van der Waals surface area (Å²) in [6.45, 7) is 0.0790. The Morgan fingerprint density at radius 3 is 2.41 bits per heavy atom. The average Bonchev–Trinajstić information content (AvgIpc) is 3.34. The minimum Gasteiger partial charge on any atom is -0.444 e. The van der Waals surface area contributed by atoms with Crippen LogP contribution in [0.4, 0.5) is 10.5 Å². The molecule has 37 heavy (non-hydrogen) atoms. The molecule has 9 heteroatoms. The van der Waals surface area contributed by atoms with Crippen molar-refractivity contribution in [3.8, 4) is 0 Å². The predicted octanol–water partition coefficient (Wildman–Crippen LogP) is 4.76. The zero-order chi connectivity index (χ0) is 25.7. The lowest BCUT2D eigenvalue weighted by Crippen LogP contribution is -2.66. The van der Waals surface area contributed by atoms with E-state index in [1.54, 1.807) is 23.1 Å². The van der Waals surface area contributed by atoms with E-state index in [9.17, 15) is 14.4 Å². The molecule has 3 aromatic carbocycles. The third-order valence-corrected chi connectivity index (χ3v) is 8.66. The molecule has 1 N–H and O–H groups in total. The van der Waals surface area contributed by atoms with Crippen molar-refractivity contribution in [2.24, 2.45) is 0 Å². The molecule has 3 aliphatic heterocycles. The van der Waals surface area contributed by atoms with Crippen molar-refractivity contribution in [3.63, 3.8) is 0 Å². The molecule has 3 aliphatic rings. The van der Waals surface area contributed by atoms with Gasteiger partial charge in [-0.15, -0.1) is 0 Å². The highest BCUT2D eigenvalue weighted by atomic mass is 79.9. The molecule has 3 amide bonds. The maximum absolute atomic E-state index is 13.9. The number of ether oxygens (including phenoxy) is 1. The molecule has 0 spiro atoms. The molecule has 2 saturated heterocycles. The van der Waals surface area contributed by atoms with Crippen LogP contribution in [0.3, 0.4) is 0 Å². The predicted molar refractivity (Wildman–Crippen MR) is 142 cm³/mol. The van der Waals surface area contributed by atoms with Crippen molar-refractivity contribution in [2.45, 2.75) is 42.0 Å². The normalized spacial score (nSPS) is 25.8. The van der Waals surface area contributed by atoms with Crippen molar-refractivity contribution in [3.05, 3.63) is 101 Å². The summed E-state index contributed by atoms with van der Waals surface area (Å²) >= 11 is 10.2. The molecule has 3 heterocycles. The van der Waals surface area contributed by atoms with Gasteiger partial charge in [0.1, 0.15) is 24.9 Å². The summed E-state index contributed by atoms with van der Waals surface area (Å²) in [5.74, 6) is -0.477. The van der Waals surface area contributed by atoms with Crippen LogP contribution >= 0.6 is 27.5 Å². The molecular weight excluding hydrogens is 558 g/mol. The number of fused-ring (bicyclic) bond motifs is 5. The summed E-state index contributed by atoms with van der Waals surface area (Å²) in [6, 6.07) is 22.7. The Kier molecular flexibility index (Phi) is 5.96. The summed E-state index contributed by atoms with van der Waals surface area (Å²) in [5, 5.41) is 3.41. The molecule has 0 aromatic heterocycles. The summed E-state index contributed by atoms with van der Waals surface area (Å²) in [4.78, 5) is 43.8. The van der Waals surface area contributed by atoms with E-state index >= 15 is 0 Å². The number of carbonyl (C=O) groups is 3. The number of benzene rings is 3. The molecular formula is C28H23BrClN3O4. The lowest BCUT2D eigenvalue weighted by atomic mass is 9.95. The van der Waals surface area contributed by atoms with Gasteiger partial charge >= 0.3 is 6.09 Å². The fraction of sp³-hybridized carbons (Fsp3) is 0.250. The van der Waals surface area contributed by atoms with Crippen molar-refractivity contribution in [2.75, 3.05) is 4.90 Å². The van der Waals surface area contributed by atoms with E-state index in [1.807, 2.05) is 60.7 Å². The Labute approximate surface area is 227 Å². The number of piperazine rings is 1. The van der Waals surface area contributed by atoms with Crippen molar-refractivity contribution in [1.82, 2.24) is 10.2 Å². The zero-order valence-electron chi connectivity index (χ0n) is 19.6. The van der Waals surface area contributed by atoms with Crippen molar-refractivity contribution in [1.29, 1.82) is 0 Å². The number of amides is 3. The van der Waals surface area contributed by atoms with Gasteiger partial charge in [0.05, 0.1) is 10.0 Å². The Morgan fingerprint density at radius 2 is 1.70 bits per heavy atom. The lowest BCUT2D eigenvalue weighted by molar-refractivity contribution is -0.149. The van der Waals surface area contributed by atoms with Gasteiger partial charge in [0.2, 0.25) is 11.8 Å². The first-order chi connectivity index (χ1) is 17.9. The van der Waals surface area contributed by atoms with Gasteiger partial charge in [-0.05, 0) is 34.9 Å². The van der Waals surface area contributed by atoms with Gasteiger partial charge in [-0.3, -0.25) is 14.5 Å². The number of hydrogen-bond acceptors (Lipinski definition) is 4. The summed E-state index contributed by atoms with van der Waals surface area (Å²) < 4.78 is 4.83. The van der Waals surface area contributed by atoms with Gasteiger partial charge in [-0.1, -0.05) is 88.2 Å². The lowest BCUT2D eigenvalue weighted by Gasteiger charge is -2.40. The van der Waals surface area contributed by atoms with Crippen molar-refractivity contribution >= 4 is 51.1 Å². The SMILES string of the molecule is O=C1N[C@H](Cc2ccccc2)C(=O)N2[C@H]3N(C(=O)OCc4ccccc4)c4ccc(Cl)cc4[C@@]3(Br)C[C@@H]12. The van der Waals surface area contributed by atoms with Crippen LogP contribution in [0.2, 0.25) is 5.02 Å². The topological polar surface area (TPSA) is 79.0 Å². The van der Waals surface area contributed by atoms with E-state index in [4.69, 9.17) is 16.3 Å². The third-order valence-electron chi connectivity index (χ3n) is 7.27. The Bertz CT molecular complexity index is 1390. The molecule has 0 aliphatic carbocycles. The van der Waals surface area contributed by atoms with Gasteiger partial charge in [0, 0.05) is 17.9 Å². The molecule has 4 atom stereocenters. The van der Waals surface area contributed by atoms with E-state index in [0.29, 0.717) is 23.6 Å². The minimum atomic E-state index is -0.877. The maximum Gasteiger partial charge on any atom is 0.416 e. The standard InChI is InChI=1S/C28H23BrClN3O4/c29-28-15-23-24(34)31-21(13-17-7-3-1-4-8-17)25(35)32(23)26(28)33(22-12-11-19(30)14-20(22)28)27(36)37-16-18-9-5-2-6-10-18/h1-12,14,21,23,26H,13,15-16H2,(H,31,34)/t21-,23+,26+,28+/m1/s1. The number of halogens is 2. The number of hydrogen-bond donors (Lipinski definition) is 1. The number of alkyl halides is 1. The van der Waals surface area contributed by atoms with Crippen molar-refractivity contribution < 1.29 is 19.1 Å². The van der Waals surface area contributed by atoms with Gasteiger partial charge in [-0.2, -0.15) is 0 Å². The second-order valence-corrected chi connectivity index (χ2v) is 11.4. The van der Waals surface area contributed by atoms with E-state index in [-0.39, 0.29) is 18.4 Å². The molecule has 0 bridgehead atoms. The van der Waals surface area contributed by atoms with Crippen LogP contribution in [0.15, 0.2) is 78.9 Å². The molecule has 7 nitrogen and oxygen atoms in total.